The minimum atomic E-state index is -0.717. The van der Waals surface area contributed by atoms with Crippen LogP contribution >= 0.6 is 33.5 Å². The second-order valence-electron chi connectivity index (χ2n) is 21.9. The molecule has 2 saturated carbocycles. The Labute approximate surface area is 340 Å². The molecular formula is C42H86N8P4. The molecule has 12 heteroatoms. The summed E-state index contributed by atoms with van der Waals surface area (Å²) in [4.78, 5) is 0. The summed E-state index contributed by atoms with van der Waals surface area (Å²) in [7, 11) is -2.87. The number of nitrogens with one attached hydrogen (secondary N) is 4. The van der Waals surface area contributed by atoms with Gasteiger partial charge >= 0.3 is 0 Å². The minimum Gasteiger partial charge on any atom is -0.278 e. The van der Waals surface area contributed by atoms with Crippen LogP contribution in [0.4, 0.5) is 11.4 Å². The molecule has 2 aliphatic carbocycles. The quantitative estimate of drug-likeness (QED) is 0.212. The highest BCUT2D eigenvalue weighted by molar-refractivity contribution is 7.88. The SMILES string of the molecule is C1CCCCC1.C1CCCCC1.CC(C)(C)N[P@]1N(c2ccc(N3[P@](NC(C)(C)C)N(C(C)(C)C)[P@@]3NC(C)(C)C)cc2)[P@@](NC(C)(C)C)N1C(C)(C)C. The summed E-state index contributed by atoms with van der Waals surface area (Å²) in [5.74, 6) is 0. The molecule has 2 aliphatic heterocycles. The molecule has 0 spiro atoms. The van der Waals surface area contributed by atoms with Crippen LogP contribution in [0.3, 0.4) is 0 Å². The lowest BCUT2D eigenvalue weighted by Gasteiger charge is -2.64. The van der Waals surface area contributed by atoms with Gasteiger partial charge in [-0.1, -0.05) is 77.0 Å². The first-order chi connectivity index (χ1) is 24.6. The van der Waals surface area contributed by atoms with Gasteiger partial charge in [0.15, 0.2) is 33.5 Å². The van der Waals surface area contributed by atoms with E-state index in [-0.39, 0.29) is 33.2 Å². The summed E-state index contributed by atoms with van der Waals surface area (Å²) in [6, 6.07) is 9.40. The molecule has 4 N–H and O–H groups in total. The van der Waals surface area contributed by atoms with Crippen molar-refractivity contribution in [2.45, 2.75) is 235 Å². The third-order valence-corrected chi connectivity index (χ3v) is 22.4. The highest BCUT2D eigenvalue weighted by Crippen LogP contribution is 2.79. The topological polar surface area (TPSA) is 61.1 Å². The smallest absolute Gasteiger partial charge is 0.159 e. The van der Waals surface area contributed by atoms with E-state index in [0.29, 0.717) is 0 Å². The molecule has 1 aromatic carbocycles. The molecule has 5 rings (SSSR count). The summed E-state index contributed by atoms with van der Waals surface area (Å²) in [6.07, 6.45) is 18.0. The molecule has 2 heterocycles. The predicted molar refractivity (Wildman–Crippen MR) is 249 cm³/mol. The van der Waals surface area contributed by atoms with Gasteiger partial charge < -0.3 is 0 Å². The molecule has 0 unspecified atom stereocenters. The van der Waals surface area contributed by atoms with Crippen LogP contribution in [-0.2, 0) is 0 Å². The van der Waals surface area contributed by atoms with Gasteiger partial charge in [-0.15, -0.1) is 0 Å². The summed E-state index contributed by atoms with van der Waals surface area (Å²) in [6.45, 7) is 41.3. The van der Waals surface area contributed by atoms with Gasteiger partial charge in [0.1, 0.15) is 0 Å². The fraction of sp³-hybridized carbons (Fsp3) is 0.857. The van der Waals surface area contributed by atoms with Crippen molar-refractivity contribution in [3.05, 3.63) is 24.3 Å². The lowest BCUT2D eigenvalue weighted by atomic mass is 10.0. The van der Waals surface area contributed by atoms with E-state index in [1.807, 2.05) is 0 Å². The zero-order chi connectivity index (χ0) is 40.9. The number of benzene rings is 1. The zero-order valence-electron chi connectivity index (χ0n) is 38.4. The van der Waals surface area contributed by atoms with Gasteiger partial charge in [-0.25, -0.2) is 0 Å². The van der Waals surface area contributed by atoms with Crippen LogP contribution < -0.4 is 29.2 Å². The molecule has 0 aromatic heterocycles. The standard InChI is InChI=1S/C30H62N8P4.2C6H12/c1-25(2,3)31-39-35(40(32-26(4,5)6)37(39)29(13,14)15)23-19-21-24(22-20-23)36-41(33-27(7,8)9)38(30(16,17)18)42(36)34-28(10,11)12;2*1-2-4-6-5-3-1/h19-22,31-34H,1-18H3;2*1-6H2/t39-,40-,41+,42+;;. The molecular weight excluding hydrogens is 740 g/mol. The molecule has 4 aliphatic rings. The first kappa shape index (κ1) is 48.7. The van der Waals surface area contributed by atoms with Crippen molar-refractivity contribution in [1.29, 1.82) is 0 Å². The van der Waals surface area contributed by atoms with Gasteiger partial charge in [-0.3, -0.25) is 29.2 Å². The van der Waals surface area contributed by atoms with E-state index < -0.39 is 33.5 Å². The van der Waals surface area contributed by atoms with Crippen molar-refractivity contribution in [2.75, 3.05) is 8.88 Å². The van der Waals surface area contributed by atoms with Crippen molar-refractivity contribution in [3.8, 4) is 0 Å². The number of rotatable bonds is 6. The second kappa shape index (κ2) is 19.6. The predicted octanol–water partition coefficient (Wildman–Crippen LogP) is 14.7. The summed E-state index contributed by atoms with van der Waals surface area (Å²) < 4.78 is 10.7. The number of nitrogens with zero attached hydrogens (tertiary/aromatic N) is 4. The largest absolute Gasteiger partial charge is 0.278 e. The maximum Gasteiger partial charge on any atom is 0.159 e. The average Bonchev–Trinajstić information content (AvgIpc) is 2.99. The van der Waals surface area contributed by atoms with E-state index in [2.05, 4.69) is 187 Å². The van der Waals surface area contributed by atoms with Crippen LogP contribution in [0.5, 0.6) is 0 Å². The maximum absolute atomic E-state index is 3.99. The van der Waals surface area contributed by atoms with Gasteiger partial charge in [0.2, 0.25) is 0 Å². The van der Waals surface area contributed by atoms with Crippen molar-refractivity contribution >= 4 is 44.9 Å². The van der Waals surface area contributed by atoms with Crippen molar-refractivity contribution in [1.82, 2.24) is 29.2 Å². The number of anilines is 2. The van der Waals surface area contributed by atoms with E-state index in [0.717, 1.165) is 0 Å². The van der Waals surface area contributed by atoms with Crippen molar-refractivity contribution in [3.63, 3.8) is 0 Å². The van der Waals surface area contributed by atoms with Crippen molar-refractivity contribution < 1.29 is 0 Å². The molecule has 4 fully saturated rings. The Morgan fingerprint density at radius 2 is 0.500 bits per heavy atom. The normalized spacial score (nSPS) is 25.1. The van der Waals surface area contributed by atoms with E-state index in [1.165, 1.54) is 88.4 Å². The summed E-state index contributed by atoms with van der Waals surface area (Å²) in [5, 5.41) is 15.9. The Balaban J connectivity index is 0.000000548. The van der Waals surface area contributed by atoms with Gasteiger partial charge in [-0.05, 0) is 149 Å². The number of hydrogen-bond acceptors (Lipinski definition) is 8. The van der Waals surface area contributed by atoms with Crippen LogP contribution in [-0.4, -0.2) is 42.1 Å². The minimum absolute atomic E-state index is 0.00746. The average molecular weight is 827 g/mol. The van der Waals surface area contributed by atoms with Gasteiger partial charge in [-0.2, -0.15) is 8.88 Å². The highest BCUT2D eigenvalue weighted by atomic mass is 31.3. The Morgan fingerprint density at radius 3 is 0.630 bits per heavy atom. The fourth-order valence-corrected chi connectivity index (χ4v) is 18.6. The third kappa shape index (κ3) is 15.5. The maximum atomic E-state index is 3.99. The Bertz CT molecular complexity index is 1080. The molecule has 0 amide bonds. The second-order valence-corrected chi connectivity index (χ2v) is 29.5. The first-order valence-electron chi connectivity index (χ1n) is 21.2. The molecule has 2 saturated heterocycles. The molecule has 0 bridgehead atoms. The van der Waals surface area contributed by atoms with Crippen LogP contribution in [0.2, 0.25) is 0 Å². The van der Waals surface area contributed by atoms with Gasteiger partial charge in [0.25, 0.3) is 0 Å². The monoisotopic (exact) mass is 827 g/mol. The Kier molecular flexibility index (Phi) is 17.6. The molecule has 54 heavy (non-hydrogen) atoms. The van der Waals surface area contributed by atoms with Crippen LogP contribution in [0.25, 0.3) is 0 Å². The third-order valence-electron chi connectivity index (χ3n) is 8.69. The van der Waals surface area contributed by atoms with Gasteiger partial charge in [0, 0.05) is 44.6 Å². The van der Waals surface area contributed by atoms with Crippen LogP contribution in [0, 0.1) is 0 Å². The van der Waals surface area contributed by atoms with E-state index in [9.17, 15) is 0 Å². The summed E-state index contributed by atoms with van der Waals surface area (Å²) in [5.41, 5.74) is 2.67. The number of hydrogen-bond donors (Lipinski definition) is 4. The molecule has 4 atom stereocenters. The summed E-state index contributed by atoms with van der Waals surface area (Å²) >= 11 is 0. The lowest BCUT2D eigenvalue weighted by Crippen LogP contribution is -2.58. The molecule has 1 aromatic rings. The van der Waals surface area contributed by atoms with Crippen molar-refractivity contribution in [2.24, 2.45) is 0 Å². The molecule has 314 valence electrons. The first-order valence-corrected chi connectivity index (χ1v) is 26.2. The van der Waals surface area contributed by atoms with Gasteiger partial charge in [0.05, 0.1) is 0 Å². The van der Waals surface area contributed by atoms with E-state index in [4.69, 9.17) is 0 Å². The molecule has 8 nitrogen and oxygen atoms in total. The fourth-order valence-electron chi connectivity index (χ4n) is 6.57. The zero-order valence-corrected chi connectivity index (χ0v) is 42.0. The van der Waals surface area contributed by atoms with E-state index >= 15 is 0 Å². The Hall–Kier alpha value is 0.300. The van der Waals surface area contributed by atoms with Crippen LogP contribution in [0.15, 0.2) is 24.3 Å². The Morgan fingerprint density at radius 1 is 0.333 bits per heavy atom. The van der Waals surface area contributed by atoms with Crippen LogP contribution in [0.1, 0.15) is 202 Å². The van der Waals surface area contributed by atoms with E-state index in [1.54, 1.807) is 0 Å². The highest BCUT2D eigenvalue weighted by Gasteiger charge is 2.56. The lowest BCUT2D eigenvalue weighted by molar-refractivity contribution is 0.358. The molecule has 0 radical (unpaired) electrons.